The summed E-state index contributed by atoms with van der Waals surface area (Å²) in [4.78, 5) is 0. The topological polar surface area (TPSA) is 35.2 Å². The lowest BCUT2D eigenvalue weighted by Gasteiger charge is -2.23. The number of rotatable bonds is 2. The van der Waals surface area contributed by atoms with E-state index in [0.29, 0.717) is 11.4 Å². The molecule has 2 nitrogen and oxygen atoms in total. The van der Waals surface area contributed by atoms with Crippen LogP contribution in [0.4, 0.5) is 5.69 Å². The van der Waals surface area contributed by atoms with Crippen molar-refractivity contribution >= 4 is 21.6 Å². The molecule has 0 spiro atoms. The molecule has 20 heavy (non-hydrogen) atoms. The molecule has 2 N–H and O–H groups in total. The molecule has 3 heteroatoms. The zero-order valence-corrected chi connectivity index (χ0v) is 13.9. The van der Waals surface area contributed by atoms with E-state index in [0.717, 1.165) is 10.2 Å². The Labute approximate surface area is 129 Å². The Balaban J connectivity index is 2.45. The first kappa shape index (κ1) is 14.9. The fourth-order valence-electron chi connectivity index (χ4n) is 2.06. The molecule has 0 atom stereocenters. The highest BCUT2D eigenvalue weighted by molar-refractivity contribution is 9.10. The highest BCUT2D eigenvalue weighted by atomic mass is 79.9. The molecule has 0 unspecified atom stereocenters. The van der Waals surface area contributed by atoms with Gasteiger partial charge in [-0.2, -0.15) is 0 Å². The summed E-state index contributed by atoms with van der Waals surface area (Å²) in [5.74, 6) is 1.55. The van der Waals surface area contributed by atoms with Crippen molar-refractivity contribution in [2.24, 2.45) is 0 Å². The molecule has 0 aromatic heterocycles. The zero-order chi connectivity index (χ0) is 14.9. The number of halogens is 1. The second-order valence-corrected chi connectivity index (χ2v) is 6.95. The third-order valence-corrected chi connectivity index (χ3v) is 3.63. The monoisotopic (exact) mass is 333 g/mol. The fraction of sp³-hybridized carbons (Fsp3) is 0.294. The molecule has 0 fully saturated rings. The lowest BCUT2D eigenvalue weighted by atomic mass is 9.86. The Morgan fingerprint density at radius 1 is 1.00 bits per heavy atom. The standard InChI is InChI=1S/C17H20BrNO/c1-11-5-7-13(17(2,3)4)16(9-11)20-15-8-6-12(18)10-14(15)19/h5-10H,19H2,1-4H3. The Morgan fingerprint density at radius 2 is 1.70 bits per heavy atom. The van der Waals surface area contributed by atoms with Crippen LogP contribution in [-0.2, 0) is 5.41 Å². The number of ether oxygens (including phenoxy) is 1. The molecule has 2 aromatic rings. The minimum absolute atomic E-state index is 0.0210. The van der Waals surface area contributed by atoms with Crippen molar-refractivity contribution in [1.29, 1.82) is 0 Å². The van der Waals surface area contributed by atoms with Crippen LogP contribution in [0.3, 0.4) is 0 Å². The summed E-state index contributed by atoms with van der Waals surface area (Å²) < 4.78 is 7.00. The number of anilines is 1. The molecule has 0 aliphatic rings. The van der Waals surface area contributed by atoms with E-state index in [1.54, 1.807) is 0 Å². The van der Waals surface area contributed by atoms with Gasteiger partial charge in [-0.3, -0.25) is 0 Å². The first-order valence-corrected chi connectivity index (χ1v) is 7.40. The van der Waals surface area contributed by atoms with Gasteiger partial charge in [-0.25, -0.2) is 0 Å². The minimum atomic E-state index is 0.0210. The SMILES string of the molecule is Cc1ccc(C(C)(C)C)c(Oc2ccc(Br)cc2N)c1. The summed E-state index contributed by atoms with van der Waals surface area (Å²) >= 11 is 3.40. The maximum absolute atomic E-state index is 6.06. The molecule has 106 valence electrons. The van der Waals surface area contributed by atoms with E-state index in [9.17, 15) is 0 Å². The van der Waals surface area contributed by atoms with Gasteiger partial charge in [0.05, 0.1) is 5.69 Å². The smallest absolute Gasteiger partial charge is 0.150 e. The first-order chi connectivity index (χ1) is 9.27. The largest absolute Gasteiger partial charge is 0.455 e. The molecular formula is C17H20BrNO. The van der Waals surface area contributed by atoms with Gasteiger partial charge in [0.25, 0.3) is 0 Å². The average Bonchev–Trinajstić information content (AvgIpc) is 2.31. The van der Waals surface area contributed by atoms with Crippen molar-refractivity contribution in [3.05, 3.63) is 52.0 Å². The van der Waals surface area contributed by atoms with E-state index in [-0.39, 0.29) is 5.41 Å². The quantitative estimate of drug-likeness (QED) is 0.743. The zero-order valence-electron chi connectivity index (χ0n) is 12.3. The van der Waals surface area contributed by atoms with Gasteiger partial charge < -0.3 is 10.5 Å². The summed E-state index contributed by atoms with van der Waals surface area (Å²) in [6.07, 6.45) is 0. The van der Waals surface area contributed by atoms with Gasteiger partial charge >= 0.3 is 0 Å². The van der Waals surface area contributed by atoms with Gasteiger partial charge in [0.2, 0.25) is 0 Å². The number of benzene rings is 2. The van der Waals surface area contributed by atoms with Gasteiger partial charge in [0.1, 0.15) is 11.5 Å². The third-order valence-electron chi connectivity index (χ3n) is 3.14. The number of aryl methyl sites for hydroxylation is 1. The van der Waals surface area contributed by atoms with Gasteiger partial charge in [0, 0.05) is 10.0 Å². The van der Waals surface area contributed by atoms with E-state index in [1.165, 1.54) is 11.1 Å². The third kappa shape index (κ3) is 3.34. The molecule has 0 radical (unpaired) electrons. The van der Waals surface area contributed by atoms with Gasteiger partial charge in [-0.05, 0) is 42.2 Å². The lowest BCUT2D eigenvalue weighted by molar-refractivity contribution is 0.456. The summed E-state index contributed by atoms with van der Waals surface area (Å²) in [6, 6.07) is 12.0. The number of hydrogen-bond acceptors (Lipinski definition) is 2. The summed E-state index contributed by atoms with van der Waals surface area (Å²) in [5, 5.41) is 0. The van der Waals surface area contributed by atoms with Crippen molar-refractivity contribution in [2.75, 3.05) is 5.73 Å². The Morgan fingerprint density at radius 3 is 2.30 bits per heavy atom. The van der Waals surface area contributed by atoms with E-state index in [4.69, 9.17) is 10.5 Å². The van der Waals surface area contributed by atoms with Crippen LogP contribution in [-0.4, -0.2) is 0 Å². The molecule has 0 bridgehead atoms. The van der Waals surface area contributed by atoms with Crippen LogP contribution < -0.4 is 10.5 Å². The maximum atomic E-state index is 6.06. The summed E-state index contributed by atoms with van der Waals surface area (Å²) in [5.41, 5.74) is 9.00. The molecule has 0 heterocycles. The van der Waals surface area contributed by atoms with Crippen molar-refractivity contribution in [3.63, 3.8) is 0 Å². The first-order valence-electron chi connectivity index (χ1n) is 6.61. The van der Waals surface area contributed by atoms with E-state index >= 15 is 0 Å². The molecule has 0 aliphatic heterocycles. The van der Waals surface area contributed by atoms with Crippen molar-refractivity contribution in [3.8, 4) is 11.5 Å². The normalized spacial score (nSPS) is 11.4. The Hall–Kier alpha value is -1.48. The average molecular weight is 334 g/mol. The van der Waals surface area contributed by atoms with Crippen LogP contribution in [0.25, 0.3) is 0 Å². The molecule has 0 saturated heterocycles. The Bertz CT molecular complexity index is 629. The Kier molecular flexibility index (Phi) is 4.09. The van der Waals surface area contributed by atoms with Crippen LogP contribution >= 0.6 is 15.9 Å². The van der Waals surface area contributed by atoms with Crippen molar-refractivity contribution < 1.29 is 4.74 Å². The molecular weight excluding hydrogens is 314 g/mol. The van der Waals surface area contributed by atoms with Crippen molar-refractivity contribution in [1.82, 2.24) is 0 Å². The summed E-state index contributed by atoms with van der Waals surface area (Å²) in [6.45, 7) is 8.59. The minimum Gasteiger partial charge on any atom is -0.455 e. The van der Waals surface area contributed by atoms with Crippen molar-refractivity contribution in [2.45, 2.75) is 33.1 Å². The van der Waals surface area contributed by atoms with E-state index in [1.807, 2.05) is 18.2 Å². The predicted octanol–water partition coefficient (Wildman–Crippen LogP) is 5.43. The summed E-state index contributed by atoms with van der Waals surface area (Å²) in [7, 11) is 0. The molecule has 0 aliphatic carbocycles. The number of nitrogens with two attached hydrogens (primary N) is 1. The molecule has 2 rings (SSSR count). The van der Waals surface area contributed by atoms with Gasteiger partial charge in [-0.15, -0.1) is 0 Å². The lowest BCUT2D eigenvalue weighted by Crippen LogP contribution is -2.12. The molecule has 0 amide bonds. The van der Waals surface area contributed by atoms with Crippen LogP contribution in [0.5, 0.6) is 11.5 Å². The van der Waals surface area contributed by atoms with E-state index < -0.39 is 0 Å². The highest BCUT2D eigenvalue weighted by Gasteiger charge is 2.19. The van der Waals surface area contributed by atoms with Crippen LogP contribution in [0.2, 0.25) is 0 Å². The maximum Gasteiger partial charge on any atom is 0.150 e. The number of nitrogen functional groups attached to an aromatic ring is 1. The molecule has 2 aromatic carbocycles. The van der Waals surface area contributed by atoms with Gasteiger partial charge in [0.15, 0.2) is 0 Å². The predicted molar refractivity (Wildman–Crippen MR) is 88.5 cm³/mol. The van der Waals surface area contributed by atoms with Gasteiger partial charge in [-0.1, -0.05) is 48.8 Å². The molecule has 0 saturated carbocycles. The fourth-order valence-corrected chi connectivity index (χ4v) is 2.44. The second-order valence-electron chi connectivity index (χ2n) is 6.03. The van der Waals surface area contributed by atoms with E-state index in [2.05, 4.69) is 61.8 Å². The number of hydrogen-bond donors (Lipinski definition) is 1. The van der Waals surface area contributed by atoms with Crippen LogP contribution in [0, 0.1) is 6.92 Å². The van der Waals surface area contributed by atoms with Crippen LogP contribution in [0.15, 0.2) is 40.9 Å². The second kappa shape index (κ2) is 5.49. The van der Waals surface area contributed by atoms with Crippen LogP contribution in [0.1, 0.15) is 31.9 Å². The highest BCUT2D eigenvalue weighted by Crippen LogP contribution is 2.37.